The molecule has 0 aliphatic carbocycles. The Bertz CT molecular complexity index is 376. The van der Waals surface area contributed by atoms with Gasteiger partial charge in [0, 0.05) is 25.4 Å². The Kier molecular flexibility index (Phi) is 3.11. The SMILES string of the molecule is FC(F)(F)c1nnc2n1CCN(CCS)C2. The van der Waals surface area contributed by atoms with Gasteiger partial charge < -0.3 is 4.57 Å². The van der Waals surface area contributed by atoms with Gasteiger partial charge >= 0.3 is 6.18 Å². The first kappa shape index (κ1) is 11.7. The molecule has 16 heavy (non-hydrogen) atoms. The van der Waals surface area contributed by atoms with Crippen LogP contribution in [0.3, 0.4) is 0 Å². The smallest absolute Gasteiger partial charge is 0.305 e. The maximum absolute atomic E-state index is 12.5. The highest BCUT2D eigenvalue weighted by Gasteiger charge is 2.39. The van der Waals surface area contributed by atoms with E-state index in [2.05, 4.69) is 22.8 Å². The van der Waals surface area contributed by atoms with Gasteiger partial charge in [0.2, 0.25) is 5.82 Å². The van der Waals surface area contributed by atoms with Crippen LogP contribution in [0.25, 0.3) is 0 Å². The van der Waals surface area contributed by atoms with E-state index < -0.39 is 12.0 Å². The third kappa shape index (κ3) is 2.17. The fraction of sp³-hybridized carbons (Fsp3) is 0.750. The zero-order chi connectivity index (χ0) is 11.8. The Hall–Kier alpha value is -0.760. The molecule has 8 heteroatoms. The topological polar surface area (TPSA) is 34.0 Å². The number of rotatable bonds is 2. The molecule has 2 heterocycles. The van der Waals surface area contributed by atoms with Crippen LogP contribution in [0.2, 0.25) is 0 Å². The van der Waals surface area contributed by atoms with Gasteiger partial charge in [-0.2, -0.15) is 25.8 Å². The van der Waals surface area contributed by atoms with Crippen molar-refractivity contribution in [1.82, 2.24) is 19.7 Å². The Balaban J connectivity index is 2.20. The Morgan fingerprint density at radius 1 is 1.25 bits per heavy atom. The van der Waals surface area contributed by atoms with Crippen molar-refractivity contribution in [2.45, 2.75) is 19.3 Å². The molecule has 0 N–H and O–H groups in total. The van der Waals surface area contributed by atoms with E-state index in [9.17, 15) is 13.2 Å². The van der Waals surface area contributed by atoms with Gasteiger partial charge in [-0.05, 0) is 0 Å². The van der Waals surface area contributed by atoms with Crippen LogP contribution in [0.15, 0.2) is 0 Å². The maximum atomic E-state index is 12.5. The van der Waals surface area contributed by atoms with Crippen molar-refractivity contribution < 1.29 is 13.2 Å². The fourth-order valence-electron chi connectivity index (χ4n) is 1.75. The van der Waals surface area contributed by atoms with Gasteiger partial charge in [0.1, 0.15) is 5.82 Å². The van der Waals surface area contributed by atoms with Crippen molar-refractivity contribution in [3.05, 3.63) is 11.6 Å². The summed E-state index contributed by atoms with van der Waals surface area (Å²) in [6.07, 6.45) is -4.42. The molecule has 1 aromatic heterocycles. The number of hydrogen-bond donors (Lipinski definition) is 1. The molecule has 1 aliphatic rings. The molecule has 90 valence electrons. The summed E-state index contributed by atoms with van der Waals surface area (Å²) in [6, 6.07) is 0. The summed E-state index contributed by atoms with van der Waals surface area (Å²) in [7, 11) is 0. The molecule has 0 unspecified atom stereocenters. The summed E-state index contributed by atoms with van der Waals surface area (Å²) in [5.74, 6) is 0.161. The molecule has 0 spiro atoms. The van der Waals surface area contributed by atoms with Crippen molar-refractivity contribution >= 4 is 12.6 Å². The van der Waals surface area contributed by atoms with E-state index in [4.69, 9.17) is 0 Å². The second kappa shape index (κ2) is 4.25. The molecule has 1 aliphatic heterocycles. The summed E-state index contributed by atoms with van der Waals surface area (Å²) in [6.45, 7) is 2.01. The van der Waals surface area contributed by atoms with E-state index in [0.29, 0.717) is 24.7 Å². The highest BCUT2D eigenvalue weighted by Crippen LogP contribution is 2.29. The minimum atomic E-state index is -4.42. The minimum Gasteiger partial charge on any atom is -0.305 e. The summed E-state index contributed by atoms with van der Waals surface area (Å²) in [4.78, 5) is 2.01. The largest absolute Gasteiger partial charge is 0.451 e. The summed E-state index contributed by atoms with van der Waals surface area (Å²) < 4.78 is 38.7. The van der Waals surface area contributed by atoms with Crippen molar-refractivity contribution in [2.75, 3.05) is 18.8 Å². The number of alkyl halides is 3. The second-order valence-corrected chi connectivity index (χ2v) is 4.04. The maximum Gasteiger partial charge on any atom is 0.451 e. The monoisotopic (exact) mass is 252 g/mol. The van der Waals surface area contributed by atoms with Gasteiger partial charge in [-0.15, -0.1) is 10.2 Å². The molecule has 0 radical (unpaired) electrons. The number of halogens is 3. The van der Waals surface area contributed by atoms with E-state index >= 15 is 0 Å². The highest BCUT2D eigenvalue weighted by atomic mass is 32.1. The molecular weight excluding hydrogens is 241 g/mol. The second-order valence-electron chi connectivity index (χ2n) is 3.59. The third-order valence-corrected chi connectivity index (χ3v) is 2.70. The third-order valence-electron chi connectivity index (χ3n) is 2.50. The highest BCUT2D eigenvalue weighted by molar-refractivity contribution is 7.80. The zero-order valence-electron chi connectivity index (χ0n) is 8.41. The van der Waals surface area contributed by atoms with Crippen molar-refractivity contribution in [3.8, 4) is 0 Å². The van der Waals surface area contributed by atoms with Crippen molar-refractivity contribution in [2.24, 2.45) is 0 Å². The summed E-state index contributed by atoms with van der Waals surface area (Å²) >= 11 is 4.09. The fourth-order valence-corrected chi connectivity index (χ4v) is 2.03. The minimum absolute atomic E-state index is 0.283. The lowest BCUT2D eigenvalue weighted by atomic mass is 10.3. The van der Waals surface area contributed by atoms with Crippen LogP contribution in [0.4, 0.5) is 13.2 Å². The lowest BCUT2D eigenvalue weighted by Crippen LogP contribution is -2.36. The lowest BCUT2D eigenvalue weighted by molar-refractivity contribution is -0.148. The predicted octanol–water partition coefficient (Wildman–Crippen LogP) is 1.04. The number of nitrogens with zero attached hydrogens (tertiary/aromatic N) is 4. The molecule has 0 fully saturated rings. The van der Waals surface area contributed by atoms with Gasteiger partial charge in [-0.25, -0.2) is 0 Å². The van der Waals surface area contributed by atoms with E-state index in [-0.39, 0.29) is 6.54 Å². The quantitative estimate of drug-likeness (QED) is 0.799. The van der Waals surface area contributed by atoms with Crippen LogP contribution in [0.5, 0.6) is 0 Å². The average Bonchev–Trinajstić information content (AvgIpc) is 2.60. The van der Waals surface area contributed by atoms with E-state index in [1.165, 1.54) is 0 Å². The average molecular weight is 252 g/mol. The van der Waals surface area contributed by atoms with E-state index in [0.717, 1.165) is 11.1 Å². The van der Waals surface area contributed by atoms with Crippen LogP contribution in [-0.2, 0) is 19.3 Å². The molecule has 2 rings (SSSR count). The van der Waals surface area contributed by atoms with Crippen molar-refractivity contribution in [1.29, 1.82) is 0 Å². The van der Waals surface area contributed by atoms with Gasteiger partial charge in [-0.3, -0.25) is 4.90 Å². The Morgan fingerprint density at radius 2 is 2.00 bits per heavy atom. The summed E-state index contributed by atoms with van der Waals surface area (Å²) in [5.41, 5.74) is 0. The normalized spacial score (nSPS) is 17.5. The number of aromatic nitrogens is 3. The molecule has 1 aromatic rings. The van der Waals surface area contributed by atoms with Gasteiger partial charge in [-0.1, -0.05) is 0 Å². The van der Waals surface area contributed by atoms with E-state index in [1.54, 1.807) is 0 Å². The van der Waals surface area contributed by atoms with Gasteiger partial charge in [0.25, 0.3) is 0 Å². The Labute approximate surface area is 95.9 Å². The lowest BCUT2D eigenvalue weighted by Gasteiger charge is -2.27. The first-order valence-electron chi connectivity index (χ1n) is 4.85. The van der Waals surface area contributed by atoms with Gasteiger partial charge in [0.15, 0.2) is 0 Å². The van der Waals surface area contributed by atoms with Crippen LogP contribution >= 0.6 is 12.6 Å². The summed E-state index contributed by atoms with van der Waals surface area (Å²) in [5, 5.41) is 6.79. The molecular formula is C8H11F3N4S. The van der Waals surface area contributed by atoms with Crippen LogP contribution in [-0.4, -0.2) is 38.5 Å². The molecule has 0 aromatic carbocycles. The van der Waals surface area contributed by atoms with Crippen LogP contribution < -0.4 is 0 Å². The first-order valence-corrected chi connectivity index (χ1v) is 5.48. The molecule has 0 saturated heterocycles. The van der Waals surface area contributed by atoms with E-state index in [1.807, 2.05) is 4.90 Å². The number of hydrogen-bond acceptors (Lipinski definition) is 4. The number of thiol groups is 1. The molecule has 0 atom stereocenters. The van der Waals surface area contributed by atoms with Crippen LogP contribution in [0.1, 0.15) is 11.6 Å². The molecule has 4 nitrogen and oxygen atoms in total. The van der Waals surface area contributed by atoms with Crippen LogP contribution in [0, 0.1) is 0 Å². The number of fused-ring (bicyclic) bond motifs is 1. The molecule has 0 bridgehead atoms. The first-order chi connectivity index (χ1) is 7.52. The van der Waals surface area contributed by atoms with Crippen molar-refractivity contribution in [3.63, 3.8) is 0 Å². The predicted molar refractivity (Wildman–Crippen MR) is 54.2 cm³/mol. The Morgan fingerprint density at radius 3 is 2.62 bits per heavy atom. The van der Waals surface area contributed by atoms with Gasteiger partial charge in [0.05, 0.1) is 6.54 Å². The molecule has 0 amide bonds. The standard InChI is InChI=1S/C8H11F3N4S/c9-8(10,11)7-13-12-6-5-14(3-4-16)1-2-15(6)7/h16H,1-5H2. The molecule has 0 saturated carbocycles. The zero-order valence-corrected chi connectivity index (χ0v) is 9.30.